The summed E-state index contributed by atoms with van der Waals surface area (Å²) in [5.41, 5.74) is 1.15. The van der Waals surface area contributed by atoms with Crippen molar-refractivity contribution >= 4 is 17.2 Å². The van der Waals surface area contributed by atoms with E-state index in [1.54, 1.807) is 11.3 Å². The van der Waals surface area contributed by atoms with E-state index < -0.39 is 0 Å². The van der Waals surface area contributed by atoms with Crippen molar-refractivity contribution in [1.82, 2.24) is 14.5 Å². The van der Waals surface area contributed by atoms with Gasteiger partial charge in [0.25, 0.3) is 0 Å². The smallest absolute Gasteiger partial charge is 0.227 e. The minimum absolute atomic E-state index is 0.310. The predicted octanol–water partition coefficient (Wildman–Crippen LogP) is 2.88. The van der Waals surface area contributed by atoms with Crippen molar-refractivity contribution in [1.29, 1.82) is 0 Å². The third-order valence-electron chi connectivity index (χ3n) is 4.88. The first-order chi connectivity index (χ1) is 10.3. The van der Waals surface area contributed by atoms with Crippen molar-refractivity contribution in [3.63, 3.8) is 0 Å². The third-order valence-corrected chi connectivity index (χ3v) is 5.61. The van der Waals surface area contributed by atoms with E-state index in [2.05, 4.69) is 25.9 Å². The van der Waals surface area contributed by atoms with Gasteiger partial charge in [0, 0.05) is 30.5 Å². The molecule has 0 radical (unpaired) electrons. The summed E-state index contributed by atoms with van der Waals surface area (Å²) in [6.07, 6.45) is 10.8. The summed E-state index contributed by atoms with van der Waals surface area (Å²) in [6.45, 7) is 0. The van der Waals surface area contributed by atoms with E-state index in [-0.39, 0.29) is 0 Å². The number of amides is 1. The molecular weight excluding hydrogens is 282 g/mol. The Morgan fingerprint density at radius 1 is 1.29 bits per heavy atom. The molecule has 2 bridgehead atoms. The fourth-order valence-electron chi connectivity index (χ4n) is 3.94. The second kappa shape index (κ2) is 5.30. The number of nitrogens with zero attached hydrogens (tertiary/aromatic N) is 3. The lowest BCUT2D eigenvalue weighted by Crippen LogP contribution is -2.47. The summed E-state index contributed by atoms with van der Waals surface area (Å²) in [7, 11) is 0. The molecule has 0 aromatic carbocycles. The molecule has 5 heteroatoms. The van der Waals surface area contributed by atoms with Crippen LogP contribution >= 0.6 is 11.3 Å². The van der Waals surface area contributed by atoms with Crippen molar-refractivity contribution in [2.24, 2.45) is 0 Å². The van der Waals surface area contributed by atoms with Crippen LogP contribution in [0.5, 0.6) is 0 Å². The average Bonchev–Trinajstić information content (AvgIpc) is 3.20. The van der Waals surface area contributed by atoms with E-state index in [9.17, 15) is 4.79 Å². The fraction of sp³-hybridized carbons (Fsp3) is 0.500. The molecular formula is C16H19N3OS. The summed E-state index contributed by atoms with van der Waals surface area (Å²) < 4.78 is 2.21. The van der Waals surface area contributed by atoms with Crippen molar-refractivity contribution in [2.75, 3.05) is 0 Å². The standard InChI is InChI=1S/C16H19N3OS/c20-16(7-12-3-6-21-10-12)19-13-1-2-14(19)9-15(8-13)18-5-4-17-11-18/h3-6,10-11,13-15H,1-2,7-9H2. The molecule has 2 saturated heterocycles. The molecule has 0 spiro atoms. The highest BCUT2D eigenvalue weighted by Gasteiger charge is 2.43. The Labute approximate surface area is 128 Å². The molecule has 2 atom stereocenters. The number of rotatable bonds is 3. The number of thiophene rings is 1. The zero-order valence-electron chi connectivity index (χ0n) is 11.9. The molecule has 110 valence electrons. The maximum atomic E-state index is 12.6. The van der Waals surface area contributed by atoms with Gasteiger partial charge >= 0.3 is 0 Å². The van der Waals surface area contributed by atoms with Gasteiger partial charge in [0.1, 0.15) is 0 Å². The summed E-state index contributed by atoms with van der Waals surface area (Å²) in [5, 5.41) is 4.13. The zero-order valence-corrected chi connectivity index (χ0v) is 12.7. The van der Waals surface area contributed by atoms with Crippen molar-refractivity contribution in [2.45, 2.75) is 50.2 Å². The van der Waals surface area contributed by atoms with Gasteiger partial charge in [-0.25, -0.2) is 4.98 Å². The number of carbonyl (C=O) groups is 1. The SMILES string of the molecule is O=C(Cc1ccsc1)N1C2CCC1CC(n1ccnc1)C2. The van der Waals surface area contributed by atoms with Crippen molar-refractivity contribution in [3.8, 4) is 0 Å². The lowest BCUT2D eigenvalue weighted by molar-refractivity contribution is -0.135. The molecule has 2 aromatic heterocycles. The first-order valence-electron chi connectivity index (χ1n) is 7.61. The quantitative estimate of drug-likeness (QED) is 0.874. The molecule has 2 aliphatic heterocycles. The number of piperidine rings is 1. The highest BCUT2D eigenvalue weighted by molar-refractivity contribution is 7.07. The Morgan fingerprint density at radius 3 is 2.71 bits per heavy atom. The van der Waals surface area contributed by atoms with Gasteiger partial charge < -0.3 is 9.47 Å². The minimum Gasteiger partial charge on any atom is -0.336 e. The van der Waals surface area contributed by atoms with Crippen LogP contribution in [0.2, 0.25) is 0 Å². The van der Waals surface area contributed by atoms with E-state index in [1.165, 1.54) is 0 Å². The first-order valence-corrected chi connectivity index (χ1v) is 8.55. The molecule has 4 nitrogen and oxygen atoms in total. The average molecular weight is 301 g/mol. The maximum Gasteiger partial charge on any atom is 0.227 e. The van der Waals surface area contributed by atoms with Crippen molar-refractivity contribution < 1.29 is 4.79 Å². The van der Waals surface area contributed by atoms with Crippen molar-refractivity contribution in [3.05, 3.63) is 41.1 Å². The Bertz CT molecular complexity index is 594. The van der Waals surface area contributed by atoms with Gasteiger partial charge in [0.05, 0.1) is 12.7 Å². The van der Waals surface area contributed by atoms with Crippen LogP contribution in [0.3, 0.4) is 0 Å². The number of imidazole rings is 1. The lowest BCUT2D eigenvalue weighted by atomic mass is 9.96. The summed E-state index contributed by atoms with van der Waals surface area (Å²) in [5.74, 6) is 0.310. The molecule has 0 saturated carbocycles. The topological polar surface area (TPSA) is 38.1 Å². The molecule has 2 fully saturated rings. The molecule has 4 rings (SSSR count). The Kier molecular flexibility index (Phi) is 3.30. The molecule has 2 aliphatic rings. The van der Waals surface area contributed by atoms with E-state index in [0.29, 0.717) is 30.5 Å². The lowest BCUT2D eigenvalue weighted by Gasteiger charge is -2.39. The maximum absolute atomic E-state index is 12.6. The normalized spacial score (nSPS) is 28.0. The highest BCUT2D eigenvalue weighted by Crippen LogP contribution is 2.41. The van der Waals surface area contributed by atoms with Gasteiger partial charge in [-0.2, -0.15) is 11.3 Å². The van der Waals surface area contributed by atoms with Crippen LogP contribution in [0.15, 0.2) is 35.5 Å². The van der Waals surface area contributed by atoms with Crippen LogP contribution < -0.4 is 0 Å². The van der Waals surface area contributed by atoms with E-state index in [1.807, 2.05) is 24.1 Å². The Balaban J connectivity index is 1.48. The fourth-order valence-corrected chi connectivity index (χ4v) is 4.61. The van der Waals surface area contributed by atoms with Gasteiger partial charge in [-0.1, -0.05) is 0 Å². The number of hydrogen-bond acceptors (Lipinski definition) is 3. The number of hydrogen-bond donors (Lipinski definition) is 0. The van der Waals surface area contributed by atoms with Crippen LogP contribution in [0, 0.1) is 0 Å². The third kappa shape index (κ3) is 2.39. The van der Waals surface area contributed by atoms with Gasteiger partial charge in [-0.15, -0.1) is 0 Å². The molecule has 2 unspecified atom stereocenters. The molecule has 21 heavy (non-hydrogen) atoms. The Hall–Kier alpha value is -1.62. The summed E-state index contributed by atoms with van der Waals surface area (Å²) in [6, 6.07) is 3.41. The highest BCUT2D eigenvalue weighted by atomic mass is 32.1. The second-order valence-corrected chi connectivity index (χ2v) is 6.91. The zero-order chi connectivity index (χ0) is 14.2. The first kappa shape index (κ1) is 13.1. The van der Waals surface area contributed by atoms with E-state index in [0.717, 1.165) is 31.2 Å². The van der Waals surface area contributed by atoms with Crippen LogP contribution in [0.1, 0.15) is 37.3 Å². The summed E-state index contributed by atoms with van der Waals surface area (Å²) in [4.78, 5) is 19.0. The Morgan fingerprint density at radius 2 is 2.10 bits per heavy atom. The predicted molar refractivity (Wildman–Crippen MR) is 82.2 cm³/mol. The monoisotopic (exact) mass is 301 g/mol. The van der Waals surface area contributed by atoms with Gasteiger partial charge in [-0.3, -0.25) is 4.79 Å². The molecule has 2 aromatic rings. The number of fused-ring (bicyclic) bond motifs is 2. The molecule has 0 N–H and O–H groups in total. The number of carbonyl (C=O) groups excluding carboxylic acids is 1. The summed E-state index contributed by atoms with van der Waals surface area (Å²) >= 11 is 1.66. The van der Waals surface area contributed by atoms with Crippen LogP contribution in [-0.4, -0.2) is 32.4 Å². The second-order valence-electron chi connectivity index (χ2n) is 6.13. The number of aromatic nitrogens is 2. The van der Waals surface area contributed by atoms with Gasteiger partial charge in [-0.05, 0) is 48.1 Å². The van der Waals surface area contributed by atoms with Crippen LogP contribution in [0.25, 0.3) is 0 Å². The molecule has 0 aliphatic carbocycles. The minimum atomic E-state index is 0.310. The molecule has 4 heterocycles. The molecule has 1 amide bonds. The van der Waals surface area contributed by atoms with E-state index in [4.69, 9.17) is 0 Å². The van der Waals surface area contributed by atoms with E-state index >= 15 is 0 Å². The van der Waals surface area contributed by atoms with Gasteiger partial charge in [0.15, 0.2) is 0 Å². The largest absolute Gasteiger partial charge is 0.336 e. The van der Waals surface area contributed by atoms with Crippen LogP contribution in [-0.2, 0) is 11.2 Å². The van der Waals surface area contributed by atoms with Crippen LogP contribution in [0.4, 0.5) is 0 Å². The van der Waals surface area contributed by atoms with Gasteiger partial charge in [0.2, 0.25) is 5.91 Å².